The number of hydrogen-bond acceptors (Lipinski definition) is 3. The van der Waals surface area contributed by atoms with Crippen molar-refractivity contribution in [3.05, 3.63) is 34.9 Å². The molecule has 2 atom stereocenters. The number of aryl methyl sites for hydroxylation is 2. The molecule has 1 saturated heterocycles. The Labute approximate surface area is 114 Å². The minimum absolute atomic E-state index is 0.0317. The Hall–Kier alpha value is -1.39. The highest BCUT2D eigenvalue weighted by atomic mass is 16.5. The molecule has 104 valence electrons. The van der Waals surface area contributed by atoms with Gasteiger partial charge in [0.15, 0.2) is 0 Å². The largest absolute Gasteiger partial charge is 0.394 e. The first-order valence-corrected chi connectivity index (χ1v) is 6.64. The highest BCUT2D eigenvalue weighted by Crippen LogP contribution is 2.19. The van der Waals surface area contributed by atoms with Gasteiger partial charge in [-0.25, -0.2) is 0 Å². The minimum Gasteiger partial charge on any atom is -0.394 e. The van der Waals surface area contributed by atoms with E-state index in [4.69, 9.17) is 4.74 Å². The molecule has 2 rings (SSSR count). The average molecular weight is 263 g/mol. The molecule has 0 saturated carbocycles. The van der Waals surface area contributed by atoms with Crippen LogP contribution in [0.25, 0.3) is 0 Å². The van der Waals surface area contributed by atoms with Crippen molar-refractivity contribution in [2.75, 3.05) is 19.7 Å². The number of nitrogens with zero attached hydrogens (tertiary/aromatic N) is 1. The number of hydrogen-bond donors (Lipinski definition) is 1. The molecule has 0 bridgehead atoms. The zero-order valence-electron chi connectivity index (χ0n) is 11.7. The van der Waals surface area contributed by atoms with Gasteiger partial charge in [-0.2, -0.15) is 0 Å². The highest BCUT2D eigenvalue weighted by molar-refractivity contribution is 5.97. The van der Waals surface area contributed by atoms with Gasteiger partial charge in [-0.15, -0.1) is 0 Å². The van der Waals surface area contributed by atoms with E-state index in [0.29, 0.717) is 13.1 Å². The standard InChI is InChI=1S/C15H21NO3/c1-10-5-4-6-11(2)14(10)15(18)16-7-12(3)19-13(8-16)9-17/h4-6,12-13,17H,7-9H2,1-3H3. The number of carbonyl (C=O) groups excluding carboxylic acids is 1. The van der Waals surface area contributed by atoms with E-state index in [0.717, 1.165) is 16.7 Å². The minimum atomic E-state index is -0.281. The van der Waals surface area contributed by atoms with E-state index in [9.17, 15) is 9.90 Å². The molecule has 1 aromatic carbocycles. The number of aliphatic hydroxyl groups is 1. The van der Waals surface area contributed by atoms with E-state index < -0.39 is 0 Å². The third-order valence-corrected chi connectivity index (χ3v) is 3.51. The summed E-state index contributed by atoms with van der Waals surface area (Å²) in [7, 11) is 0. The Morgan fingerprint density at radius 2 is 2.00 bits per heavy atom. The van der Waals surface area contributed by atoms with E-state index in [1.807, 2.05) is 39.0 Å². The van der Waals surface area contributed by atoms with Gasteiger partial charge in [0.1, 0.15) is 0 Å². The summed E-state index contributed by atoms with van der Waals surface area (Å²) in [5.74, 6) is 0.0317. The first-order chi connectivity index (χ1) is 9.02. The van der Waals surface area contributed by atoms with E-state index in [1.165, 1.54) is 0 Å². The second kappa shape index (κ2) is 5.72. The van der Waals surface area contributed by atoms with Gasteiger partial charge in [0.05, 0.1) is 18.8 Å². The Morgan fingerprint density at radius 3 is 2.58 bits per heavy atom. The Balaban J connectivity index is 2.24. The zero-order valence-corrected chi connectivity index (χ0v) is 11.7. The smallest absolute Gasteiger partial charge is 0.254 e. The average Bonchev–Trinajstić information content (AvgIpc) is 2.37. The maximum atomic E-state index is 12.6. The molecule has 1 aliphatic heterocycles. The number of morpholine rings is 1. The first-order valence-electron chi connectivity index (χ1n) is 6.64. The van der Waals surface area contributed by atoms with Crippen LogP contribution in [-0.4, -0.2) is 47.8 Å². The van der Waals surface area contributed by atoms with Crippen LogP contribution in [0, 0.1) is 13.8 Å². The lowest BCUT2D eigenvalue weighted by atomic mass is 10.0. The second-order valence-corrected chi connectivity index (χ2v) is 5.23. The van der Waals surface area contributed by atoms with Crippen LogP contribution in [0.3, 0.4) is 0 Å². The number of ether oxygens (including phenoxy) is 1. The number of amides is 1. The van der Waals surface area contributed by atoms with Crippen molar-refractivity contribution in [1.29, 1.82) is 0 Å². The lowest BCUT2D eigenvalue weighted by Crippen LogP contribution is -2.50. The van der Waals surface area contributed by atoms with E-state index in [2.05, 4.69) is 0 Å². The quantitative estimate of drug-likeness (QED) is 0.880. The summed E-state index contributed by atoms with van der Waals surface area (Å²) in [4.78, 5) is 14.4. The monoisotopic (exact) mass is 263 g/mol. The molecule has 1 heterocycles. The number of benzene rings is 1. The number of rotatable bonds is 2. The van der Waals surface area contributed by atoms with Gasteiger partial charge in [-0.3, -0.25) is 4.79 Å². The number of carbonyl (C=O) groups is 1. The van der Waals surface area contributed by atoms with Crippen LogP contribution in [0.15, 0.2) is 18.2 Å². The fourth-order valence-electron chi connectivity index (χ4n) is 2.62. The molecule has 4 heteroatoms. The molecule has 19 heavy (non-hydrogen) atoms. The summed E-state index contributed by atoms with van der Waals surface area (Å²) in [6.07, 6.45) is -0.323. The van der Waals surface area contributed by atoms with Crippen LogP contribution < -0.4 is 0 Å². The van der Waals surface area contributed by atoms with Gasteiger partial charge < -0.3 is 14.7 Å². The molecule has 1 N–H and O–H groups in total. The molecular formula is C15H21NO3. The molecule has 0 aliphatic carbocycles. The van der Waals surface area contributed by atoms with Gasteiger partial charge in [0, 0.05) is 18.7 Å². The predicted octanol–water partition coefficient (Wildman–Crippen LogP) is 1.53. The molecule has 2 unspecified atom stereocenters. The van der Waals surface area contributed by atoms with E-state index in [1.54, 1.807) is 4.90 Å². The fraction of sp³-hybridized carbons (Fsp3) is 0.533. The SMILES string of the molecule is Cc1cccc(C)c1C(=O)N1CC(C)OC(CO)C1. The van der Waals surface area contributed by atoms with E-state index in [-0.39, 0.29) is 24.7 Å². The van der Waals surface area contributed by atoms with Crippen molar-refractivity contribution in [3.63, 3.8) is 0 Å². The molecule has 1 aliphatic rings. The summed E-state index contributed by atoms with van der Waals surface area (Å²) in [6, 6.07) is 5.86. The lowest BCUT2D eigenvalue weighted by molar-refractivity contribution is -0.0858. The third-order valence-electron chi connectivity index (χ3n) is 3.51. The number of aliphatic hydroxyl groups excluding tert-OH is 1. The zero-order chi connectivity index (χ0) is 14.0. The maximum absolute atomic E-state index is 12.6. The van der Waals surface area contributed by atoms with Gasteiger partial charge in [-0.1, -0.05) is 18.2 Å². The highest BCUT2D eigenvalue weighted by Gasteiger charge is 2.29. The first kappa shape index (κ1) is 14.0. The van der Waals surface area contributed by atoms with Gasteiger partial charge in [0.25, 0.3) is 5.91 Å². The van der Waals surface area contributed by atoms with Gasteiger partial charge >= 0.3 is 0 Å². The molecule has 0 radical (unpaired) electrons. The second-order valence-electron chi connectivity index (χ2n) is 5.23. The summed E-state index contributed by atoms with van der Waals surface area (Å²) >= 11 is 0. The maximum Gasteiger partial charge on any atom is 0.254 e. The predicted molar refractivity (Wildman–Crippen MR) is 73.2 cm³/mol. The lowest BCUT2D eigenvalue weighted by Gasteiger charge is -2.36. The Kier molecular flexibility index (Phi) is 4.22. The molecule has 4 nitrogen and oxygen atoms in total. The van der Waals surface area contributed by atoms with Crippen LogP contribution in [0.5, 0.6) is 0 Å². The topological polar surface area (TPSA) is 49.8 Å². The van der Waals surface area contributed by atoms with Crippen molar-refractivity contribution in [2.24, 2.45) is 0 Å². The summed E-state index contributed by atoms with van der Waals surface area (Å²) < 4.78 is 5.57. The van der Waals surface area contributed by atoms with Gasteiger partial charge in [0.2, 0.25) is 0 Å². The molecule has 0 aromatic heterocycles. The van der Waals surface area contributed by atoms with Crippen LogP contribution in [-0.2, 0) is 4.74 Å². The molecule has 1 fully saturated rings. The molecule has 1 amide bonds. The van der Waals surface area contributed by atoms with Crippen molar-refractivity contribution in [1.82, 2.24) is 4.90 Å². The fourth-order valence-corrected chi connectivity index (χ4v) is 2.62. The van der Waals surface area contributed by atoms with Crippen LogP contribution in [0.2, 0.25) is 0 Å². The van der Waals surface area contributed by atoms with E-state index >= 15 is 0 Å². The summed E-state index contributed by atoms with van der Waals surface area (Å²) in [5.41, 5.74) is 2.75. The Morgan fingerprint density at radius 1 is 1.37 bits per heavy atom. The summed E-state index contributed by atoms with van der Waals surface area (Å²) in [6.45, 7) is 6.80. The van der Waals surface area contributed by atoms with Crippen molar-refractivity contribution >= 4 is 5.91 Å². The van der Waals surface area contributed by atoms with Crippen LogP contribution in [0.4, 0.5) is 0 Å². The van der Waals surface area contributed by atoms with Gasteiger partial charge in [-0.05, 0) is 31.9 Å². The molecule has 0 spiro atoms. The molecule has 1 aromatic rings. The van der Waals surface area contributed by atoms with Crippen molar-refractivity contribution < 1.29 is 14.6 Å². The van der Waals surface area contributed by atoms with Crippen molar-refractivity contribution in [2.45, 2.75) is 33.0 Å². The molecular weight excluding hydrogens is 242 g/mol. The summed E-state index contributed by atoms with van der Waals surface area (Å²) in [5, 5.41) is 9.23. The Bertz CT molecular complexity index is 452. The normalized spacial score (nSPS) is 23.5. The van der Waals surface area contributed by atoms with Crippen molar-refractivity contribution in [3.8, 4) is 0 Å². The van der Waals surface area contributed by atoms with Crippen LogP contribution >= 0.6 is 0 Å². The third kappa shape index (κ3) is 2.96. The van der Waals surface area contributed by atoms with Crippen LogP contribution in [0.1, 0.15) is 28.4 Å².